The highest BCUT2D eigenvalue weighted by Crippen LogP contribution is 2.33. The predicted molar refractivity (Wildman–Crippen MR) is 108 cm³/mol. The van der Waals surface area contributed by atoms with Crippen LogP contribution in [0, 0.1) is 5.92 Å². The summed E-state index contributed by atoms with van der Waals surface area (Å²) in [6, 6.07) is 17.3. The van der Waals surface area contributed by atoms with Gasteiger partial charge in [0.25, 0.3) is 5.91 Å². The molecule has 0 N–H and O–H groups in total. The fourth-order valence-electron chi connectivity index (χ4n) is 2.47. The van der Waals surface area contributed by atoms with Gasteiger partial charge in [0.05, 0.1) is 4.91 Å². The van der Waals surface area contributed by atoms with Crippen LogP contribution in [0.4, 0.5) is 0 Å². The van der Waals surface area contributed by atoms with E-state index in [1.807, 2.05) is 60.7 Å². The van der Waals surface area contributed by atoms with Crippen molar-refractivity contribution >= 4 is 40.3 Å². The topological polar surface area (TPSA) is 29.5 Å². The van der Waals surface area contributed by atoms with Crippen LogP contribution in [0.15, 0.2) is 59.5 Å². The van der Waals surface area contributed by atoms with Gasteiger partial charge in [0.1, 0.15) is 15.8 Å². The quantitative estimate of drug-likeness (QED) is 0.526. The molecule has 128 valence electrons. The number of carbonyl (C=O) groups is 1. The molecule has 0 unspecified atom stereocenters. The molecule has 2 aromatic rings. The third-order valence-corrected chi connectivity index (χ3v) is 4.93. The van der Waals surface area contributed by atoms with Crippen LogP contribution in [0.1, 0.15) is 19.4 Å². The first-order valence-electron chi connectivity index (χ1n) is 8.11. The summed E-state index contributed by atoms with van der Waals surface area (Å²) in [5, 5.41) is 0. The van der Waals surface area contributed by atoms with Gasteiger partial charge in [0.2, 0.25) is 0 Å². The highest BCUT2D eigenvalue weighted by Gasteiger charge is 2.32. The van der Waals surface area contributed by atoms with Crippen molar-refractivity contribution in [2.45, 2.75) is 13.8 Å². The molecule has 5 heteroatoms. The van der Waals surface area contributed by atoms with Crippen LogP contribution >= 0.6 is 24.0 Å². The molecule has 1 amide bonds. The van der Waals surface area contributed by atoms with Crippen LogP contribution in [0.2, 0.25) is 0 Å². The zero-order valence-corrected chi connectivity index (χ0v) is 15.8. The number of amides is 1. The number of benzene rings is 2. The van der Waals surface area contributed by atoms with Gasteiger partial charge >= 0.3 is 0 Å². The van der Waals surface area contributed by atoms with E-state index in [1.54, 1.807) is 4.90 Å². The van der Waals surface area contributed by atoms with E-state index in [0.717, 1.165) is 17.1 Å². The second-order valence-electron chi connectivity index (χ2n) is 6.17. The van der Waals surface area contributed by atoms with E-state index in [2.05, 4.69) is 13.8 Å². The minimum absolute atomic E-state index is 0.0157. The lowest BCUT2D eigenvalue weighted by Gasteiger charge is -2.16. The van der Waals surface area contributed by atoms with Crippen LogP contribution in [0.5, 0.6) is 11.5 Å². The summed E-state index contributed by atoms with van der Waals surface area (Å²) in [5.74, 6) is 1.88. The van der Waals surface area contributed by atoms with Crippen molar-refractivity contribution in [3.63, 3.8) is 0 Å². The molecule has 0 spiro atoms. The van der Waals surface area contributed by atoms with E-state index in [4.69, 9.17) is 17.0 Å². The second-order valence-corrected chi connectivity index (χ2v) is 7.85. The van der Waals surface area contributed by atoms with E-state index in [1.165, 1.54) is 11.8 Å². The normalized spacial score (nSPS) is 16.1. The Labute approximate surface area is 157 Å². The Morgan fingerprint density at radius 2 is 1.84 bits per heavy atom. The molecule has 1 aliphatic heterocycles. The van der Waals surface area contributed by atoms with Gasteiger partial charge in [-0.3, -0.25) is 9.69 Å². The Bertz CT molecular complexity index is 815. The molecule has 1 heterocycles. The fraction of sp³-hybridized carbons (Fsp3) is 0.200. The molecule has 0 aliphatic carbocycles. The van der Waals surface area contributed by atoms with Crippen molar-refractivity contribution in [1.82, 2.24) is 4.90 Å². The second kappa shape index (κ2) is 7.85. The van der Waals surface area contributed by atoms with Crippen LogP contribution < -0.4 is 4.74 Å². The summed E-state index contributed by atoms with van der Waals surface area (Å²) in [7, 11) is 0. The number of nitrogens with zero attached hydrogens (tertiary/aromatic N) is 1. The third kappa shape index (κ3) is 4.50. The van der Waals surface area contributed by atoms with Crippen molar-refractivity contribution in [2.24, 2.45) is 5.92 Å². The maximum absolute atomic E-state index is 12.5. The third-order valence-electron chi connectivity index (χ3n) is 3.56. The van der Waals surface area contributed by atoms with Crippen LogP contribution in [0.3, 0.4) is 0 Å². The molecule has 0 bridgehead atoms. The minimum atomic E-state index is -0.0157. The van der Waals surface area contributed by atoms with E-state index in [0.29, 0.717) is 21.7 Å². The average molecular weight is 370 g/mol. The van der Waals surface area contributed by atoms with Gasteiger partial charge in [-0.15, -0.1) is 0 Å². The van der Waals surface area contributed by atoms with Gasteiger partial charge in [-0.25, -0.2) is 0 Å². The minimum Gasteiger partial charge on any atom is -0.457 e. The fourth-order valence-corrected chi connectivity index (χ4v) is 3.74. The van der Waals surface area contributed by atoms with Gasteiger partial charge in [0, 0.05) is 6.54 Å². The molecule has 1 fully saturated rings. The number of carbonyl (C=O) groups excluding carboxylic acids is 1. The molecular formula is C20H19NO2S2. The molecular weight excluding hydrogens is 350 g/mol. The monoisotopic (exact) mass is 369 g/mol. The average Bonchev–Trinajstić information content (AvgIpc) is 2.83. The van der Waals surface area contributed by atoms with Crippen LogP contribution in [-0.2, 0) is 4.79 Å². The van der Waals surface area contributed by atoms with Crippen LogP contribution in [-0.4, -0.2) is 21.7 Å². The first-order chi connectivity index (χ1) is 12.0. The molecule has 0 aromatic heterocycles. The Morgan fingerprint density at radius 1 is 1.12 bits per heavy atom. The molecule has 1 saturated heterocycles. The highest BCUT2D eigenvalue weighted by molar-refractivity contribution is 8.26. The SMILES string of the molecule is CC(C)CN1C(=O)/C(=C/c2cccc(Oc3ccccc3)c2)SC1=S. The summed E-state index contributed by atoms with van der Waals surface area (Å²) in [6.45, 7) is 4.80. The number of hydrogen-bond acceptors (Lipinski definition) is 4. The summed E-state index contributed by atoms with van der Waals surface area (Å²) in [6.07, 6.45) is 1.87. The number of hydrogen-bond donors (Lipinski definition) is 0. The van der Waals surface area contributed by atoms with Gasteiger partial charge in [-0.05, 0) is 41.8 Å². The largest absolute Gasteiger partial charge is 0.457 e. The van der Waals surface area contributed by atoms with Crippen molar-refractivity contribution in [2.75, 3.05) is 6.54 Å². The predicted octanol–water partition coefficient (Wildman–Crippen LogP) is 5.34. The lowest BCUT2D eigenvalue weighted by molar-refractivity contribution is -0.122. The van der Waals surface area contributed by atoms with Crippen molar-refractivity contribution in [3.8, 4) is 11.5 Å². The Kier molecular flexibility index (Phi) is 5.56. The lowest BCUT2D eigenvalue weighted by atomic mass is 10.2. The molecule has 0 radical (unpaired) electrons. The number of rotatable bonds is 5. The molecule has 2 aromatic carbocycles. The van der Waals surface area contributed by atoms with Gasteiger partial charge < -0.3 is 4.74 Å². The first-order valence-corrected chi connectivity index (χ1v) is 9.34. The standard InChI is InChI=1S/C20H19NO2S2/c1-14(2)13-21-19(22)18(25-20(21)24)12-15-7-6-10-17(11-15)23-16-8-4-3-5-9-16/h3-12,14H,13H2,1-2H3/b18-12-. The van der Waals surface area contributed by atoms with E-state index < -0.39 is 0 Å². The first kappa shape index (κ1) is 17.7. The molecule has 3 nitrogen and oxygen atoms in total. The number of thiocarbonyl (C=S) groups is 1. The highest BCUT2D eigenvalue weighted by atomic mass is 32.2. The zero-order valence-electron chi connectivity index (χ0n) is 14.1. The van der Waals surface area contributed by atoms with E-state index >= 15 is 0 Å². The maximum atomic E-state index is 12.5. The van der Waals surface area contributed by atoms with Crippen LogP contribution in [0.25, 0.3) is 6.08 Å². The van der Waals surface area contributed by atoms with Gasteiger partial charge in [-0.1, -0.05) is 68.2 Å². The Hall–Kier alpha value is -2.11. The summed E-state index contributed by atoms with van der Waals surface area (Å²) in [4.78, 5) is 14.9. The Balaban J connectivity index is 1.79. The Morgan fingerprint density at radius 3 is 2.56 bits per heavy atom. The molecule has 25 heavy (non-hydrogen) atoms. The van der Waals surface area contributed by atoms with E-state index in [9.17, 15) is 4.79 Å². The van der Waals surface area contributed by atoms with Crippen molar-refractivity contribution in [1.29, 1.82) is 0 Å². The van der Waals surface area contributed by atoms with Crippen molar-refractivity contribution in [3.05, 3.63) is 65.1 Å². The number of thioether (sulfide) groups is 1. The number of ether oxygens (including phenoxy) is 1. The summed E-state index contributed by atoms with van der Waals surface area (Å²) >= 11 is 6.70. The summed E-state index contributed by atoms with van der Waals surface area (Å²) in [5.41, 5.74) is 0.915. The van der Waals surface area contributed by atoms with Gasteiger partial charge in [0.15, 0.2) is 0 Å². The zero-order chi connectivity index (χ0) is 17.8. The maximum Gasteiger partial charge on any atom is 0.266 e. The molecule has 3 rings (SSSR count). The van der Waals surface area contributed by atoms with Crippen molar-refractivity contribution < 1.29 is 9.53 Å². The smallest absolute Gasteiger partial charge is 0.266 e. The molecule has 0 saturated carbocycles. The van der Waals surface area contributed by atoms with E-state index in [-0.39, 0.29) is 5.91 Å². The summed E-state index contributed by atoms with van der Waals surface area (Å²) < 4.78 is 6.47. The molecule has 1 aliphatic rings. The van der Waals surface area contributed by atoms with Gasteiger partial charge in [-0.2, -0.15) is 0 Å². The lowest BCUT2D eigenvalue weighted by Crippen LogP contribution is -2.31. The number of para-hydroxylation sites is 1. The molecule has 0 atom stereocenters.